The lowest BCUT2D eigenvalue weighted by atomic mass is 9.97. The molecule has 0 aliphatic carbocycles. The highest BCUT2D eigenvalue weighted by atomic mass is 32.2. The van der Waals surface area contributed by atoms with Crippen LogP contribution < -0.4 is 9.50 Å². The third-order valence-corrected chi connectivity index (χ3v) is 6.10. The van der Waals surface area contributed by atoms with Gasteiger partial charge in [-0.1, -0.05) is 84.9 Å². The van der Waals surface area contributed by atoms with Gasteiger partial charge in [0.1, 0.15) is 5.75 Å². The van der Waals surface area contributed by atoms with Crippen LogP contribution in [-0.4, -0.2) is 13.9 Å². The molecule has 0 radical (unpaired) electrons. The van der Waals surface area contributed by atoms with Gasteiger partial charge in [-0.2, -0.15) is 21.6 Å². The topological polar surface area (TPSA) is 55.4 Å². The lowest BCUT2D eigenvalue weighted by molar-refractivity contribution is -0.0500. The Morgan fingerprint density at radius 1 is 0.788 bits per heavy atom. The van der Waals surface area contributed by atoms with Gasteiger partial charge in [0.15, 0.2) is 0 Å². The van der Waals surface area contributed by atoms with E-state index in [1.807, 2.05) is 72.8 Å². The summed E-state index contributed by atoms with van der Waals surface area (Å²) in [4.78, 5) is 0. The summed E-state index contributed by atoms with van der Waals surface area (Å²) in [5.74, 6) is -0.363. The molecule has 0 atom stereocenters. The average Bonchev–Trinajstić information content (AvgIpc) is 2.79. The molecule has 33 heavy (non-hydrogen) atoms. The van der Waals surface area contributed by atoms with Crippen LogP contribution >= 0.6 is 0 Å². The van der Waals surface area contributed by atoms with Crippen LogP contribution in [0.15, 0.2) is 91.0 Å². The number of hydrogen-bond donors (Lipinski definition) is 1. The Kier molecular flexibility index (Phi) is 6.40. The maximum Gasteiger partial charge on any atom is 0.534 e. The SMILES string of the molecule is O=S(=O)(Oc1cc(-c2cccc3ccccc23)ccc1CNCc1ccccc1)C(F)(F)F. The number of fused-ring (bicyclic) bond motifs is 1. The fraction of sp³-hybridized carbons (Fsp3) is 0.120. The zero-order valence-electron chi connectivity index (χ0n) is 17.3. The number of benzene rings is 4. The molecule has 0 unspecified atom stereocenters. The van der Waals surface area contributed by atoms with Gasteiger partial charge in [0.25, 0.3) is 0 Å². The third-order valence-electron chi connectivity index (χ3n) is 5.14. The highest BCUT2D eigenvalue weighted by Gasteiger charge is 2.48. The second kappa shape index (κ2) is 9.25. The molecule has 4 rings (SSSR count). The van der Waals surface area contributed by atoms with Gasteiger partial charge in [-0.05, 0) is 33.5 Å². The minimum atomic E-state index is -5.82. The molecule has 170 valence electrons. The van der Waals surface area contributed by atoms with E-state index < -0.39 is 15.6 Å². The molecule has 4 aromatic carbocycles. The van der Waals surface area contributed by atoms with Crippen molar-refractivity contribution >= 4 is 20.9 Å². The van der Waals surface area contributed by atoms with Gasteiger partial charge >= 0.3 is 15.6 Å². The molecule has 4 aromatic rings. The van der Waals surface area contributed by atoms with Crippen molar-refractivity contribution in [3.8, 4) is 16.9 Å². The van der Waals surface area contributed by atoms with Crippen LogP contribution in [0.3, 0.4) is 0 Å². The minimum absolute atomic E-state index is 0.118. The predicted molar refractivity (Wildman–Crippen MR) is 122 cm³/mol. The van der Waals surface area contributed by atoms with Crippen LogP contribution in [0.1, 0.15) is 11.1 Å². The second-order valence-electron chi connectivity index (χ2n) is 7.42. The molecular weight excluding hydrogens is 451 g/mol. The Balaban J connectivity index is 1.70. The first-order chi connectivity index (χ1) is 15.7. The fourth-order valence-electron chi connectivity index (χ4n) is 3.53. The summed E-state index contributed by atoms with van der Waals surface area (Å²) in [5, 5.41) is 4.96. The molecule has 0 saturated carbocycles. The zero-order chi connectivity index (χ0) is 23.5. The van der Waals surface area contributed by atoms with Gasteiger partial charge < -0.3 is 9.50 Å². The van der Waals surface area contributed by atoms with Crippen molar-refractivity contribution in [2.45, 2.75) is 18.6 Å². The maximum atomic E-state index is 13.0. The first-order valence-corrected chi connectivity index (χ1v) is 11.5. The molecule has 0 spiro atoms. The van der Waals surface area contributed by atoms with E-state index >= 15 is 0 Å². The van der Waals surface area contributed by atoms with Crippen LogP contribution in [0.2, 0.25) is 0 Å². The molecule has 8 heteroatoms. The zero-order valence-corrected chi connectivity index (χ0v) is 18.2. The normalized spacial score (nSPS) is 12.1. The molecule has 0 saturated heterocycles. The molecule has 0 amide bonds. The van der Waals surface area contributed by atoms with Crippen LogP contribution in [0.4, 0.5) is 13.2 Å². The number of alkyl halides is 3. The van der Waals surface area contributed by atoms with E-state index in [9.17, 15) is 21.6 Å². The van der Waals surface area contributed by atoms with E-state index in [1.54, 1.807) is 12.1 Å². The van der Waals surface area contributed by atoms with E-state index in [0.29, 0.717) is 17.7 Å². The average molecular weight is 472 g/mol. The monoisotopic (exact) mass is 471 g/mol. The Morgan fingerprint density at radius 3 is 2.24 bits per heavy atom. The molecule has 1 N–H and O–H groups in total. The van der Waals surface area contributed by atoms with Crippen molar-refractivity contribution in [1.29, 1.82) is 0 Å². The summed E-state index contributed by atoms with van der Waals surface area (Å²) in [7, 11) is -5.82. The quantitative estimate of drug-likeness (QED) is 0.264. The highest BCUT2D eigenvalue weighted by Crippen LogP contribution is 2.35. The van der Waals surface area contributed by atoms with Crippen molar-refractivity contribution in [3.05, 3.63) is 102 Å². The number of rotatable bonds is 7. The summed E-state index contributed by atoms with van der Waals surface area (Å²) in [6, 6.07) is 27.2. The summed E-state index contributed by atoms with van der Waals surface area (Å²) in [5.41, 5.74) is -2.95. The van der Waals surface area contributed by atoms with Crippen molar-refractivity contribution in [2.75, 3.05) is 0 Å². The highest BCUT2D eigenvalue weighted by molar-refractivity contribution is 7.88. The van der Waals surface area contributed by atoms with Crippen LogP contribution in [0.25, 0.3) is 21.9 Å². The Morgan fingerprint density at radius 2 is 1.48 bits per heavy atom. The standard InChI is InChI=1S/C25H20F3NO3S/c26-25(27,28)33(30,31)32-24-15-20(23-12-6-10-19-9-4-5-11-22(19)23)13-14-21(24)17-29-16-18-7-2-1-3-8-18/h1-15,29H,16-17H2. The Bertz CT molecular complexity index is 1370. The van der Waals surface area contributed by atoms with Gasteiger partial charge in [0, 0.05) is 18.7 Å². The maximum absolute atomic E-state index is 13.0. The number of halogens is 3. The van der Waals surface area contributed by atoms with E-state index in [2.05, 4.69) is 9.50 Å². The lowest BCUT2D eigenvalue weighted by Gasteiger charge is -2.16. The van der Waals surface area contributed by atoms with Gasteiger partial charge in [-0.3, -0.25) is 0 Å². The van der Waals surface area contributed by atoms with Crippen LogP contribution in [0, 0.1) is 0 Å². The van der Waals surface area contributed by atoms with Crippen LogP contribution in [0.5, 0.6) is 5.75 Å². The second-order valence-corrected chi connectivity index (χ2v) is 8.96. The van der Waals surface area contributed by atoms with E-state index in [4.69, 9.17) is 0 Å². The summed E-state index contributed by atoms with van der Waals surface area (Å²) >= 11 is 0. The van der Waals surface area contributed by atoms with Crippen molar-refractivity contribution < 1.29 is 25.8 Å². The van der Waals surface area contributed by atoms with Crippen LogP contribution in [-0.2, 0) is 23.2 Å². The molecule has 0 aliphatic heterocycles. The first-order valence-electron chi connectivity index (χ1n) is 10.1. The van der Waals surface area contributed by atoms with E-state index in [0.717, 1.165) is 21.9 Å². The van der Waals surface area contributed by atoms with E-state index in [-0.39, 0.29) is 12.3 Å². The minimum Gasteiger partial charge on any atom is -0.376 e. The number of hydrogen-bond acceptors (Lipinski definition) is 4. The molecule has 0 aromatic heterocycles. The van der Waals surface area contributed by atoms with Crippen molar-refractivity contribution in [1.82, 2.24) is 5.32 Å². The molecule has 0 bridgehead atoms. The van der Waals surface area contributed by atoms with E-state index in [1.165, 1.54) is 6.07 Å². The summed E-state index contributed by atoms with van der Waals surface area (Å²) < 4.78 is 67.2. The van der Waals surface area contributed by atoms with Crippen molar-refractivity contribution in [3.63, 3.8) is 0 Å². The van der Waals surface area contributed by atoms with Gasteiger partial charge in [0.2, 0.25) is 0 Å². The molecule has 0 aliphatic rings. The number of nitrogens with one attached hydrogen (secondary N) is 1. The lowest BCUT2D eigenvalue weighted by Crippen LogP contribution is -2.28. The Hall–Kier alpha value is -3.36. The summed E-state index contributed by atoms with van der Waals surface area (Å²) in [6.07, 6.45) is 0. The smallest absolute Gasteiger partial charge is 0.376 e. The fourth-order valence-corrected chi connectivity index (χ4v) is 4.01. The molecule has 4 nitrogen and oxygen atoms in total. The van der Waals surface area contributed by atoms with Gasteiger partial charge in [0.05, 0.1) is 0 Å². The third kappa shape index (κ3) is 5.18. The first kappa shape index (κ1) is 22.8. The van der Waals surface area contributed by atoms with Crippen molar-refractivity contribution in [2.24, 2.45) is 0 Å². The molecule has 0 heterocycles. The summed E-state index contributed by atoms with van der Waals surface area (Å²) in [6.45, 7) is 0.574. The largest absolute Gasteiger partial charge is 0.534 e. The predicted octanol–water partition coefficient (Wildman–Crippen LogP) is 6.03. The molecule has 0 fully saturated rings. The van der Waals surface area contributed by atoms with Gasteiger partial charge in [-0.25, -0.2) is 0 Å². The Labute approximate surface area is 189 Å². The van der Waals surface area contributed by atoms with Gasteiger partial charge in [-0.15, -0.1) is 0 Å². The molecular formula is C25H20F3NO3S.